The van der Waals surface area contributed by atoms with E-state index in [0.717, 1.165) is 6.42 Å². The van der Waals surface area contributed by atoms with Crippen LogP contribution in [0.4, 0.5) is 0 Å². The third-order valence-electron chi connectivity index (χ3n) is 5.72. The van der Waals surface area contributed by atoms with Gasteiger partial charge < -0.3 is 25.4 Å². The second-order valence-electron chi connectivity index (χ2n) is 7.72. The number of hydrogen-bond donors (Lipinski definition) is 3. The van der Waals surface area contributed by atoms with Gasteiger partial charge >= 0.3 is 0 Å². The highest BCUT2D eigenvalue weighted by atomic mass is 16.5. The highest BCUT2D eigenvalue weighted by molar-refractivity contribution is 5.99. The minimum atomic E-state index is -0.708. The summed E-state index contributed by atoms with van der Waals surface area (Å²) in [5.74, 6) is -0.403. The summed E-state index contributed by atoms with van der Waals surface area (Å²) < 4.78 is 5.28. The molecule has 0 bridgehead atoms. The molecule has 2 atom stereocenters. The summed E-state index contributed by atoms with van der Waals surface area (Å²) in [5.41, 5.74) is 3.35. The van der Waals surface area contributed by atoms with Gasteiger partial charge in [-0.25, -0.2) is 0 Å². The SMILES string of the molecule is O=C(NCC(O)C1Cc2ccccc2CN1)c1cccc(C(=O)N2CCOCC2)c1. The lowest BCUT2D eigenvalue weighted by molar-refractivity contribution is 0.0303. The molecule has 7 heteroatoms. The number of aliphatic hydroxyl groups excluding tert-OH is 1. The number of benzene rings is 2. The molecule has 2 unspecified atom stereocenters. The number of nitrogens with zero attached hydrogens (tertiary/aromatic N) is 1. The van der Waals surface area contributed by atoms with Crippen LogP contribution in [0.15, 0.2) is 48.5 Å². The highest BCUT2D eigenvalue weighted by Crippen LogP contribution is 2.18. The molecule has 2 heterocycles. The predicted octanol–water partition coefficient (Wildman–Crippen LogP) is 0.964. The van der Waals surface area contributed by atoms with Gasteiger partial charge in [0.2, 0.25) is 0 Å². The standard InChI is InChI=1S/C23H27N3O4/c27-21(20-13-16-4-1-2-5-19(16)14-24-20)15-25-22(28)17-6-3-7-18(12-17)23(29)26-8-10-30-11-9-26/h1-7,12,20-21,24,27H,8-11,13-15H2,(H,25,28). The number of nitrogens with one attached hydrogen (secondary N) is 2. The first-order valence-electron chi connectivity index (χ1n) is 10.4. The number of ether oxygens (including phenoxy) is 1. The number of rotatable bonds is 5. The van der Waals surface area contributed by atoms with Crippen LogP contribution in [0.1, 0.15) is 31.8 Å². The molecule has 30 heavy (non-hydrogen) atoms. The van der Waals surface area contributed by atoms with Gasteiger partial charge in [0.05, 0.1) is 19.3 Å². The fourth-order valence-electron chi connectivity index (χ4n) is 3.94. The fraction of sp³-hybridized carbons (Fsp3) is 0.391. The molecule has 0 spiro atoms. The lowest BCUT2D eigenvalue weighted by atomic mass is 9.93. The Morgan fingerprint density at radius 1 is 1.10 bits per heavy atom. The van der Waals surface area contributed by atoms with E-state index in [-0.39, 0.29) is 24.4 Å². The highest BCUT2D eigenvalue weighted by Gasteiger charge is 2.25. The van der Waals surface area contributed by atoms with Crippen molar-refractivity contribution >= 4 is 11.8 Å². The molecule has 2 aliphatic rings. The van der Waals surface area contributed by atoms with Gasteiger partial charge in [-0.3, -0.25) is 9.59 Å². The first kappa shape index (κ1) is 20.5. The number of carbonyl (C=O) groups is 2. The summed E-state index contributed by atoms with van der Waals surface area (Å²) in [7, 11) is 0. The van der Waals surface area contributed by atoms with Crippen molar-refractivity contribution in [3.05, 3.63) is 70.8 Å². The summed E-state index contributed by atoms with van der Waals surface area (Å²) in [6.07, 6.45) is 0.0111. The number of carbonyl (C=O) groups excluding carboxylic acids is 2. The normalized spacial score (nSPS) is 19.6. The van der Waals surface area contributed by atoms with Crippen molar-refractivity contribution in [1.29, 1.82) is 0 Å². The van der Waals surface area contributed by atoms with E-state index in [4.69, 9.17) is 4.74 Å². The first-order valence-corrected chi connectivity index (χ1v) is 10.4. The Bertz CT molecular complexity index is 911. The molecule has 0 aromatic heterocycles. The van der Waals surface area contributed by atoms with E-state index >= 15 is 0 Å². The van der Waals surface area contributed by atoms with E-state index in [1.165, 1.54) is 11.1 Å². The van der Waals surface area contributed by atoms with Crippen LogP contribution in [0.2, 0.25) is 0 Å². The van der Waals surface area contributed by atoms with Crippen LogP contribution in [-0.4, -0.2) is 66.8 Å². The van der Waals surface area contributed by atoms with Crippen molar-refractivity contribution in [3.63, 3.8) is 0 Å². The maximum atomic E-state index is 12.6. The molecule has 2 amide bonds. The lowest BCUT2D eigenvalue weighted by Crippen LogP contribution is -2.49. The van der Waals surface area contributed by atoms with Gasteiger partial charge in [0.1, 0.15) is 0 Å². The van der Waals surface area contributed by atoms with Gasteiger partial charge in [0.15, 0.2) is 0 Å². The molecule has 3 N–H and O–H groups in total. The molecule has 2 aromatic rings. The quantitative estimate of drug-likeness (QED) is 0.685. The lowest BCUT2D eigenvalue weighted by Gasteiger charge is -2.30. The average Bonchev–Trinajstić information content (AvgIpc) is 2.82. The summed E-state index contributed by atoms with van der Waals surface area (Å²) in [5, 5.41) is 16.7. The topological polar surface area (TPSA) is 90.9 Å². The van der Waals surface area contributed by atoms with E-state index < -0.39 is 6.10 Å². The Morgan fingerprint density at radius 3 is 2.63 bits per heavy atom. The molecular formula is C23H27N3O4. The van der Waals surface area contributed by atoms with E-state index in [0.29, 0.717) is 44.0 Å². The summed E-state index contributed by atoms with van der Waals surface area (Å²) in [6, 6.07) is 14.8. The number of hydrogen-bond acceptors (Lipinski definition) is 5. The van der Waals surface area contributed by atoms with Crippen molar-refractivity contribution in [2.24, 2.45) is 0 Å². The monoisotopic (exact) mass is 409 g/mol. The Hall–Kier alpha value is -2.74. The maximum Gasteiger partial charge on any atom is 0.254 e. The minimum absolute atomic E-state index is 0.0990. The molecule has 0 aliphatic carbocycles. The Balaban J connectivity index is 1.33. The summed E-state index contributed by atoms with van der Waals surface area (Å²) in [4.78, 5) is 27.0. The van der Waals surface area contributed by atoms with Crippen LogP contribution in [-0.2, 0) is 17.7 Å². The maximum absolute atomic E-state index is 12.6. The zero-order valence-electron chi connectivity index (χ0n) is 16.8. The summed E-state index contributed by atoms with van der Waals surface area (Å²) in [6.45, 7) is 3.02. The van der Waals surface area contributed by atoms with Crippen molar-refractivity contribution in [3.8, 4) is 0 Å². The second-order valence-corrected chi connectivity index (χ2v) is 7.72. The largest absolute Gasteiger partial charge is 0.390 e. The molecule has 2 aromatic carbocycles. The van der Waals surface area contributed by atoms with Crippen molar-refractivity contribution in [1.82, 2.24) is 15.5 Å². The first-order chi connectivity index (χ1) is 14.6. The molecule has 1 saturated heterocycles. The van der Waals surface area contributed by atoms with Crippen molar-refractivity contribution in [2.45, 2.75) is 25.1 Å². The van der Waals surface area contributed by atoms with Crippen LogP contribution >= 0.6 is 0 Å². The van der Waals surface area contributed by atoms with Crippen LogP contribution in [0, 0.1) is 0 Å². The number of fused-ring (bicyclic) bond motifs is 1. The third kappa shape index (κ3) is 4.70. The molecular weight excluding hydrogens is 382 g/mol. The van der Waals surface area contributed by atoms with Crippen LogP contribution in [0.5, 0.6) is 0 Å². The van der Waals surface area contributed by atoms with Crippen LogP contribution in [0.25, 0.3) is 0 Å². The molecule has 4 rings (SSSR count). The molecule has 0 saturated carbocycles. The summed E-state index contributed by atoms with van der Waals surface area (Å²) >= 11 is 0. The predicted molar refractivity (Wildman–Crippen MR) is 112 cm³/mol. The molecule has 1 fully saturated rings. The molecule has 7 nitrogen and oxygen atoms in total. The zero-order valence-corrected chi connectivity index (χ0v) is 16.8. The number of amides is 2. The van der Waals surface area contributed by atoms with Gasteiger partial charge in [-0.15, -0.1) is 0 Å². The Labute approximate surface area is 176 Å². The molecule has 0 radical (unpaired) electrons. The molecule has 158 valence electrons. The van der Waals surface area contributed by atoms with Crippen molar-refractivity contribution in [2.75, 3.05) is 32.8 Å². The van der Waals surface area contributed by atoms with E-state index in [1.807, 2.05) is 12.1 Å². The van der Waals surface area contributed by atoms with Crippen LogP contribution < -0.4 is 10.6 Å². The van der Waals surface area contributed by atoms with Gasteiger partial charge in [0.25, 0.3) is 11.8 Å². The smallest absolute Gasteiger partial charge is 0.254 e. The van der Waals surface area contributed by atoms with Crippen LogP contribution in [0.3, 0.4) is 0 Å². The van der Waals surface area contributed by atoms with Gasteiger partial charge in [-0.1, -0.05) is 30.3 Å². The number of aliphatic hydroxyl groups is 1. The average molecular weight is 409 g/mol. The minimum Gasteiger partial charge on any atom is -0.390 e. The Morgan fingerprint density at radius 2 is 1.83 bits per heavy atom. The van der Waals surface area contributed by atoms with Gasteiger partial charge in [-0.2, -0.15) is 0 Å². The Kier molecular flexibility index (Phi) is 6.42. The van der Waals surface area contributed by atoms with Gasteiger partial charge in [0, 0.05) is 43.3 Å². The van der Waals surface area contributed by atoms with Gasteiger partial charge in [-0.05, 0) is 35.7 Å². The van der Waals surface area contributed by atoms with E-state index in [9.17, 15) is 14.7 Å². The van der Waals surface area contributed by atoms with E-state index in [1.54, 1.807) is 29.2 Å². The zero-order chi connectivity index (χ0) is 20.9. The van der Waals surface area contributed by atoms with Crippen molar-refractivity contribution < 1.29 is 19.4 Å². The van der Waals surface area contributed by atoms with E-state index in [2.05, 4.69) is 22.8 Å². The second kappa shape index (κ2) is 9.38. The third-order valence-corrected chi connectivity index (χ3v) is 5.72. The fourth-order valence-corrected chi connectivity index (χ4v) is 3.94. The molecule has 2 aliphatic heterocycles. The number of morpholine rings is 1.